The molecule has 0 bridgehead atoms. The lowest BCUT2D eigenvalue weighted by atomic mass is 10.1. The fourth-order valence-corrected chi connectivity index (χ4v) is 2.34. The molecule has 2 heterocycles. The first kappa shape index (κ1) is 12.3. The summed E-state index contributed by atoms with van der Waals surface area (Å²) < 4.78 is 7.02. The van der Waals surface area contributed by atoms with Gasteiger partial charge in [-0.25, -0.2) is 4.79 Å². The van der Waals surface area contributed by atoms with Crippen molar-refractivity contribution in [1.82, 2.24) is 14.8 Å². The Morgan fingerprint density at radius 2 is 2.20 bits per heavy atom. The monoisotopic (exact) mass is 271 g/mol. The lowest BCUT2D eigenvalue weighted by Crippen LogP contribution is -1.95. The van der Waals surface area contributed by atoms with Gasteiger partial charge in [0.2, 0.25) is 0 Å². The van der Waals surface area contributed by atoms with Crippen LogP contribution >= 0.6 is 0 Å². The second-order valence-corrected chi connectivity index (χ2v) is 4.43. The third-order valence-electron chi connectivity index (χ3n) is 3.30. The molecule has 0 atom stereocenters. The van der Waals surface area contributed by atoms with E-state index < -0.39 is 5.97 Å². The maximum atomic E-state index is 11.1. The van der Waals surface area contributed by atoms with Gasteiger partial charge in [-0.1, -0.05) is 0 Å². The Labute approximate surface area is 114 Å². The molecule has 0 radical (unpaired) electrons. The number of methoxy groups -OCH3 is 1. The van der Waals surface area contributed by atoms with Gasteiger partial charge in [0.05, 0.1) is 18.3 Å². The van der Waals surface area contributed by atoms with Crippen molar-refractivity contribution in [2.45, 2.75) is 0 Å². The zero-order valence-corrected chi connectivity index (χ0v) is 11.0. The summed E-state index contributed by atoms with van der Waals surface area (Å²) in [4.78, 5) is 14.0. The van der Waals surface area contributed by atoms with E-state index in [0.29, 0.717) is 11.3 Å². The van der Waals surface area contributed by atoms with Gasteiger partial charge in [-0.3, -0.25) is 4.68 Å². The standard InChI is InChI=1S/C14H13N3O3/c1-17-11(5-6-15-17)8-3-4-12(20-2)13-9(8)7-10(16-13)14(18)19/h3-7,16H,1-2H3,(H,18,19). The minimum atomic E-state index is -1.00. The number of carboxylic acid groups (broad SMARTS) is 1. The summed E-state index contributed by atoms with van der Waals surface area (Å²) in [5.41, 5.74) is 2.62. The van der Waals surface area contributed by atoms with Gasteiger partial charge < -0.3 is 14.8 Å². The molecule has 2 aromatic heterocycles. The van der Waals surface area contributed by atoms with Gasteiger partial charge in [-0.15, -0.1) is 0 Å². The minimum Gasteiger partial charge on any atom is -0.495 e. The van der Waals surface area contributed by atoms with Gasteiger partial charge in [-0.2, -0.15) is 5.10 Å². The highest BCUT2D eigenvalue weighted by atomic mass is 16.5. The Balaban J connectivity index is 2.34. The number of nitrogens with one attached hydrogen (secondary N) is 1. The van der Waals surface area contributed by atoms with Crippen molar-refractivity contribution in [2.75, 3.05) is 7.11 Å². The topological polar surface area (TPSA) is 80.1 Å². The van der Waals surface area contributed by atoms with Crippen molar-refractivity contribution in [3.05, 3.63) is 36.2 Å². The van der Waals surface area contributed by atoms with E-state index in [1.165, 1.54) is 0 Å². The summed E-state index contributed by atoms with van der Waals surface area (Å²) in [5, 5.41) is 14.1. The van der Waals surface area contributed by atoms with Gasteiger partial charge in [0.15, 0.2) is 0 Å². The number of aromatic carboxylic acids is 1. The number of H-pyrrole nitrogens is 1. The van der Waals surface area contributed by atoms with Crippen LogP contribution in [0.4, 0.5) is 0 Å². The first-order chi connectivity index (χ1) is 9.61. The molecule has 6 nitrogen and oxygen atoms in total. The minimum absolute atomic E-state index is 0.132. The van der Waals surface area contributed by atoms with Gasteiger partial charge in [0, 0.05) is 24.2 Å². The third-order valence-corrected chi connectivity index (χ3v) is 3.30. The molecular weight excluding hydrogens is 258 g/mol. The molecular formula is C14H13N3O3. The number of rotatable bonds is 3. The molecule has 0 fully saturated rings. The van der Waals surface area contributed by atoms with Crippen molar-refractivity contribution in [3.8, 4) is 17.0 Å². The average molecular weight is 271 g/mol. The highest BCUT2D eigenvalue weighted by Gasteiger charge is 2.16. The Hall–Kier alpha value is -2.76. The summed E-state index contributed by atoms with van der Waals surface area (Å²) in [6.45, 7) is 0. The number of carboxylic acids is 1. The predicted octanol–water partition coefficient (Wildman–Crippen LogP) is 2.28. The van der Waals surface area contributed by atoms with Gasteiger partial charge in [0.25, 0.3) is 0 Å². The van der Waals surface area contributed by atoms with Gasteiger partial charge >= 0.3 is 5.97 Å². The Morgan fingerprint density at radius 3 is 2.80 bits per heavy atom. The summed E-state index contributed by atoms with van der Waals surface area (Å²) in [6.07, 6.45) is 1.70. The van der Waals surface area contributed by atoms with Crippen molar-refractivity contribution in [2.24, 2.45) is 7.05 Å². The fraction of sp³-hybridized carbons (Fsp3) is 0.143. The zero-order valence-electron chi connectivity index (χ0n) is 11.0. The van der Waals surface area contributed by atoms with E-state index >= 15 is 0 Å². The number of aromatic nitrogens is 3. The number of fused-ring (bicyclic) bond motifs is 1. The van der Waals surface area contributed by atoms with E-state index in [9.17, 15) is 4.79 Å². The fourth-order valence-electron chi connectivity index (χ4n) is 2.34. The number of hydrogen-bond acceptors (Lipinski definition) is 3. The first-order valence-electron chi connectivity index (χ1n) is 6.03. The molecule has 3 rings (SSSR count). The maximum Gasteiger partial charge on any atom is 0.352 e. The number of ether oxygens (including phenoxy) is 1. The Morgan fingerprint density at radius 1 is 1.40 bits per heavy atom. The number of hydrogen-bond donors (Lipinski definition) is 2. The summed E-state index contributed by atoms with van der Waals surface area (Å²) >= 11 is 0. The molecule has 0 aliphatic carbocycles. The lowest BCUT2D eigenvalue weighted by molar-refractivity contribution is 0.0691. The van der Waals surface area contributed by atoms with Crippen LogP contribution in [0.3, 0.4) is 0 Å². The number of nitrogens with zero attached hydrogens (tertiary/aromatic N) is 2. The smallest absolute Gasteiger partial charge is 0.352 e. The van der Waals surface area contributed by atoms with Crippen LogP contribution in [-0.4, -0.2) is 33.0 Å². The maximum absolute atomic E-state index is 11.1. The van der Waals surface area contributed by atoms with Gasteiger partial charge in [0.1, 0.15) is 11.4 Å². The van der Waals surface area contributed by atoms with E-state index in [4.69, 9.17) is 9.84 Å². The highest BCUT2D eigenvalue weighted by Crippen LogP contribution is 2.34. The normalized spacial score (nSPS) is 10.9. The van der Waals surface area contributed by atoms with E-state index in [2.05, 4.69) is 10.1 Å². The van der Waals surface area contributed by atoms with Crippen molar-refractivity contribution in [1.29, 1.82) is 0 Å². The Kier molecular flexibility index (Phi) is 2.71. The first-order valence-corrected chi connectivity index (χ1v) is 6.03. The van der Waals surface area contributed by atoms with Crippen LogP contribution in [0.15, 0.2) is 30.5 Å². The molecule has 1 aromatic carbocycles. The molecule has 0 saturated carbocycles. The van der Waals surface area contributed by atoms with E-state index in [1.807, 2.05) is 25.2 Å². The molecule has 102 valence electrons. The van der Waals surface area contributed by atoms with E-state index in [0.717, 1.165) is 16.6 Å². The van der Waals surface area contributed by atoms with Crippen LogP contribution in [0.5, 0.6) is 5.75 Å². The molecule has 0 saturated heterocycles. The quantitative estimate of drug-likeness (QED) is 0.765. The third kappa shape index (κ3) is 1.73. The molecule has 2 N–H and O–H groups in total. The molecule has 6 heteroatoms. The second-order valence-electron chi connectivity index (χ2n) is 4.43. The lowest BCUT2D eigenvalue weighted by Gasteiger charge is -2.07. The summed E-state index contributed by atoms with van der Waals surface area (Å²) in [6, 6.07) is 7.21. The van der Waals surface area contributed by atoms with Gasteiger partial charge in [-0.05, 0) is 24.3 Å². The van der Waals surface area contributed by atoms with Crippen LogP contribution < -0.4 is 4.74 Å². The van der Waals surface area contributed by atoms with E-state index in [1.54, 1.807) is 24.1 Å². The van der Waals surface area contributed by atoms with Crippen molar-refractivity contribution < 1.29 is 14.6 Å². The molecule has 0 spiro atoms. The van der Waals surface area contributed by atoms with Crippen LogP contribution in [0.1, 0.15) is 10.5 Å². The zero-order chi connectivity index (χ0) is 14.3. The predicted molar refractivity (Wildman–Crippen MR) is 74.0 cm³/mol. The van der Waals surface area contributed by atoms with Crippen molar-refractivity contribution >= 4 is 16.9 Å². The molecule has 0 aliphatic heterocycles. The van der Waals surface area contributed by atoms with E-state index in [-0.39, 0.29) is 5.69 Å². The molecule has 3 aromatic rings. The number of aromatic amines is 1. The van der Waals surface area contributed by atoms with Crippen molar-refractivity contribution in [3.63, 3.8) is 0 Å². The largest absolute Gasteiger partial charge is 0.495 e. The molecule has 0 amide bonds. The van der Waals surface area contributed by atoms with Crippen LogP contribution in [0, 0.1) is 0 Å². The second kappa shape index (κ2) is 4.41. The summed E-state index contributed by atoms with van der Waals surface area (Å²) in [5.74, 6) is -0.391. The average Bonchev–Trinajstić information content (AvgIpc) is 3.04. The molecule has 20 heavy (non-hydrogen) atoms. The Bertz CT molecular complexity index is 801. The summed E-state index contributed by atoms with van der Waals surface area (Å²) in [7, 11) is 3.40. The SMILES string of the molecule is COc1ccc(-c2ccnn2C)c2cc(C(=O)O)[nH]c12. The van der Waals surface area contributed by atoms with Crippen LogP contribution in [0.2, 0.25) is 0 Å². The number of aryl methyl sites for hydroxylation is 1. The highest BCUT2D eigenvalue weighted by molar-refractivity contribution is 6.02. The van der Waals surface area contributed by atoms with Crippen LogP contribution in [0.25, 0.3) is 22.2 Å². The molecule has 0 aliphatic rings. The van der Waals surface area contributed by atoms with Crippen LogP contribution in [-0.2, 0) is 7.05 Å². The molecule has 0 unspecified atom stereocenters. The number of carbonyl (C=O) groups is 1. The number of benzene rings is 1.